The van der Waals surface area contributed by atoms with Gasteiger partial charge in [0, 0.05) is 22.9 Å². The highest BCUT2D eigenvalue weighted by molar-refractivity contribution is 6.23. The molecule has 0 aromatic heterocycles. The number of hydrogen-bond acceptors (Lipinski definition) is 5. The summed E-state index contributed by atoms with van der Waals surface area (Å²) in [4.78, 5) is 50.2. The van der Waals surface area contributed by atoms with E-state index in [0.29, 0.717) is 22.5 Å². The molecule has 1 N–H and O–H groups in total. The SMILES string of the molecule is Cc1ccc(NC(=O)c2ccc(N3C(=O)[C@@H]4[C@@H](C3=O)[C@H]3C=C[C@H]4C3)cc2)cc1[N+](=O)[O-]. The largest absolute Gasteiger partial charge is 0.322 e. The summed E-state index contributed by atoms with van der Waals surface area (Å²) in [5.41, 5.74) is 1.50. The maximum absolute atomic E-state index is 12.9. The van der Waals surface area contributed by atoms with Gasteiger partial charge in [-0.15, -0.1) is 0 Å². The van der Waals surface area contributed by atoms with Crippen LogP contribution in [0.15, 0.2) is 54.6 Å². The van der Waals surface area contributed by atoms with E-state index in [1.165, 1.54) is 23.1 Å². The minimum atomic E-state index is -0.499. The van der Waals surface area contributed by atoms with Crippen LogP contribution in [0.1, 0.15) is 22.3 Å². The maximum atomic E-state index is 12.9. The monoisotopic (exact) mass is 417 g/mol. The van der Waals surface area contributed by atoms with Crippen molar-refractivity contribution in [3.05, 3.63) is 75.9 Å². The van der Waals surface area contributed by atoms with Gasteiger partial charge in [-0.1, -0.05) is 18.2 Å². The second kappa shape index (κ2) is 6.87. The predicted octanol–water partition coefficient (Wildman–Crippen LogP) is 3.47. The summed E-state index contributed by atoms with van der Waals surface area (Å²) in [5.74, 6) is -1.05. The predicted molar refractivity (Wildman–Crippen MR) is 112 cm³/mol. The number of amides is 3. The molecule has 2 aliphatic carbocycles. The number of benzene rings is 2. The number of allylic oxidation sites excluding steroid dienone is 2. The van der Waals surface area contributed by atoms with E-state index in [-0.39, 0.29) is 41.2 Å². The lowest BCUT2D eigenvalue weighted by Gasteiger charge is -2.17. The summed E-state index contributed by atoms with van der Waals surface area (Å²) >= 11 is 0. The first-order valence-corrected chi connectivity index (χ1v) is 10.1. The quantitative estimate of drug-likeness (QED) is 0.355. The topological polar surface area (TPSA) is 110 Å². The second-order valence-corrected chi connectivity index (χ2v) is 8.27. The first-order valence-electron chi connectivity index (χ1n) is 10.1. The molecule has 2 bridgehead atoms. The van der Waals surface area contributed by atoms with Crippen molar-refractivity contribution in [3.63, 3.8) is 0 Å². The molecule has 2 aromatic carbocycles. The molecule has 1 saturated heterocycles. The van der Waals surface area contributed by atoms with Gasteiger partial charge in [-0.25, -0.2) is 0 Å². The van der Waals surface area contributed by atoms with Gasteiger partial charge in [-0.2, -0.15) is 0 Å². The fraction of sp³-hybridized carbons (Fsp3) is 0.261. The lowest BCUT2D eigenvalue weighted by molar-refractivity contribution is -0.385. The Morgan fingerprint density at radius 3 is 2.23 bits per heavy atom. The highest BCUT2D eigenvalue weighted by Gasteiger charge is 2.59. The third-order valence-electron chi connectivity index (χ3n) is 6.52. The number of imide groups is 1. The zero-order chi connectivity index (χ0) is 21.9. The van der Waals surface area contributed by atoms with E-state index < -0.39 is 10.8 Å². The second-order valence-electron chi connectivity index (χ2n) is 8.27. The average Bonchev–Trinajstić information content (AvgIpc) is 3.43. The Balaban J connectivity index is 1.33. The van der Waals surface area contributed by atoms with Crippen LogP contribution in [0.3, 0.4) is 0 Å². The van der Waals surface area contributed by atoms with Gasteiger partial charge < -0.3 is 5.32 Å². The lowest BCUT2D eigenvalue weighted by atomic mass is 9.85. The Morgan fingerprint density at radius 2 is 1.65 bits per heavy atom. The van der Waals surface area contributed by atoms with E-state index in [1.807, 2.05) is 12.2 Å². The number of anilines is 2. The number of fused-ring (bicyclic) bond motifs is 5. The van der Waals surface area contributed by atoms with Crippen molar-refractivity contribution in [2.45, 2.75) is 13.3 Å². The zero-order valence-electron chi connectivity index (χ0n) is 16.6. The summed E-state index contributed by atoms with van der Waals surface area (Å²) in [6.45, 7) is 1.62. The van der Waals surface area contributed by atoms with Crippen molar-refractivity contribution < 1.29 is 19.3 Å². The molecule has 156 valence electrons. The molecule has 0 spiro atoms. The van der Waals surface area contributed by atoms with Crippen LogP contribution in [0.4, 0.5) is 17.1 Å². The van der Waals surface area contributed by atoms with Gasteiger partial charge in [0.15, 0.2) is 0 Å². The molecule has 3 aliphatic rings. The van der Waals surface area contributed by atoms with Gasteiger partial charge in [-0.3, -0.25) is 29.4 Å². The van der Waals surface area contributed by atoms with Crippen molar-refractivity contribution in [2.75, 3.05) is 10.2 Å². The maximum Gasteiger partial charge on any atom is 0.274 e. The highest BCUT2D eigenvalue weighted by atomic mass is 16.6. The van der Waals surface area contributed by atoms with Crippen molar-refractivity contribution in [1.29, 1.82) is 0 Å². The van der Waals surface area contributed by atoms with Crippen LogP contribution in [0, 0.1) is 40.7 Å². The Kier molecular flexibility index (Phi) is 4.25. The molecule has 0 radical (unpaired) electrons. The Labute approximate surface area is 177 Å². The standard InChI is InChI=1S/C23H19N3O5/c1-12-2-7-16(11-18(12)26(30)31)24-21(27)13-5-8-17(9-6-13)25-22(28)19-14-3-4-15(10-14)20(19)23(25)29/h2-9,11,14-15,19-20H,10H2,1H3,(H,24,27)/t14-,15-,19-,20-/m0/s1. The number of carbonyl (C=O) groups excluding carboxylic acids is 3. The zero-order valence-corrected chi connectivity index (χ0v) is 16.6. The van der Waals surface area contributed by atoms with E-state index in [4.69, 9.17) is 0 Å². The van der Waals surface area contributed by atoms with Gasteiger partial charge in [0.2, 0.25) is 11.8 Å². The van der Waals surface area contributed by atoms with Crippen LogP contribution in [0.5, 0.6) is 0 Å². The van der Waals surface area contributed by atoms with Crippen molar-refractivity contribution in [3.8, 4) is 0 Å². The molecule has 1 heterocycles. The number of hydrogen-bond donors (Lipinski definition) is 1. The van der Waals surface area contributed by atoms with Gasteiger partial charge in [0.25, 0.3) is 11.6 Å². The molecule has 0 unspecified atom stereocenters. The van der Waals surface area contributed by atoms with E-state index in [2.05, 4.69) is 5.32 Å². The number of nitro groups is 1. The molecule has 1 aliphatic heterocycles. The molecule has 5 rings (SSSR count). The van der Waals surface area contributed by atoms with Gasteiger partial charge in [0.05, 0.1) is 22.4 Å². The van der Waals surface area contributed by atoms with Crippen LogP contribution in [0.2, 0.25) is 0 Å². The van der Waals surface area contributed by atoms with Gasteiger partial charge in [-0.05, 0) is 55.5 Å². The third-order valence-corrected chi connectivity index (χ3v) is 6.52. The number of rotatable bonds is 4. The summed E-state index contributed by atoms with van der Waals surface area (Å²) in [5, 5.41) is 13.7. The summed E-state index contributed by atoms with van der Waals surface area (Å²) in [6, 6.07) is 10.7. The molecular weight excluding hydrogens is 398 g/mol. The van der Waals surface area contributed by atoms with Crippen LogP contribution < -0.4 is 10.2 Å². The molecule has 1 saturated carbocycles. The smallest absolute Gasteiger partial charge is 0.274 e. The summed E-state index contributed by atoms with van der Waals surface area (Å²) < 4.78 is 0. The number of nitro benzene ring substituents is 1. The lowest BCUT2D eigenvalue weighted by Crippen LogP contribution is -2.32. The van der Waals surface area contributed by atoms with E-state index in [1.54, 1.807) is 31.2 Å². The van der Waals surface area contributed by atoms with Crippen LogP contribution in [-0.2, 0) is 9.59 Å². The Hall–Kier alpha value is -3.81. The number of nitrogens with one attached hydrogen (secondary N) is 1. The summed E-state index contributed by atoms with van der Waals surface area (Å²) in [6.07, 6.45) is 4.96. The average molecular weight is 417 g/mol. The van der Waals surface area contributed by atoms with Gasteiger partial charge >= 0.3 is 0 Å². The first kappa shape index (κ1) is 19.2. The molecule has 31 heavy (non-hydrogen) atoms. The molecule has 2 aromatic rings. The number of carbonyl (C=O) groups is 3. The summed E-state index contributed by atoms with van der Waals surface area (Å²) in [7, 11) is 0. The fourth-order valence-electron chi connectivity index (χ4n) is 5.01. The minimum absolute atomic E-state index is 0.0757. The minimum Gasteiger partial charge on any atom is -0.322 e. The van der Waals surface area contributed by atoms with E-state index in [0.717, 1.165) is 6.42 Å². The molecule has 2 fully saturated rings. The molecule has 3 amide bonds. The highest BCUT2D eigenvalue weighted by Crippen LogP contribution is 2.53. The van der Waals surface area contributed by atoms with Crippen LogP contribution in [-0.4, -0.2) is 22.6 Å². The molecule has 8 nitrogen and oxygen atoms in total. The third kappa shape index (κ3) is 2.94. The molecule has 4 atom stereocenters. The Morgan fingerprint density at radius 1 is 1.03 bits per heavy atom. The molecule has 8 heteroatoms. The fourth-order valence-corrected chi connectivity index (χ4v) is 5.01. The van der Waals surface area contributed by atoms with E-state index in [9.17, 15) is 24.5 Å². The van der Waals surface area contributed by atoms with Crippen molar-refractivity contribution >= 4 is 34.8 Å². The Bertz CT molecular complexity index is 1140. The van der Waals surface area contributed by atoms with Crippen molar-refractivity contribution in [1.82, 2.24) is 0 Å². The number of aryl methyl sites for hydroxylation is 1. The molecular formula is C23H19N3O5. The van der Waals surface area contributed by atoms with Crippen LogP contribution in [0.25, 0.3) is 0 Å². The van der Waals surface area contributed by atoms with Gasteiger partial charge in [0.1, 0.15) is 0 Å². The number of nitrogens with zero attached hydrogens (tertiary/aromatic N) is 2. The van der Waals surface area contributed by atoms with Crippen molar-refractivity contribution in [2.24, 2.45) is 23.7 Å². The van der Waals surface area contributed by atoms with E-state index >= 15 is 0 Å². The van der Waals surface area contributed by atoms with Crippen LogP contribution >= 0.6 is 0 Å². The normalized spacial score (nSPS) is 25.8. The first-order chi connectivity index (χ1) is 14.8.